The Morgan fingerprint density at radius 1 is 0.171 bits per heavy atom. The third kappa shape index (κ3) is 12.5. The first-order valence-electron chi connectivity index (χ1n) is 39.1. The minimum atomic E-state index is 1.11. The SMILES string of the molecule is Brc1ccccc1-c1cccc(-c2ccc3c(c2)c2ccccc2n3-c2ccc3c(c2)sc2ccccc23)c1.Brc1ccccc1-c1cccc(-c2ccc3c(c2)c2ccccc2n3-c2ccc3sc4ccccc4c3c2)c1.Brc1ccccc1-c1cccc(-c2ccc3c(c2)c2ccccc2n3-c2cccc3sc4ccccc4c23)c1. The maximum atomic E-state index is 3.73. The van der Waals surface area contributed by atoms with Crippen molar-refractivity contribution in [2.75, 3.05) is 0 Å². The lowest BCUT2D eigenvalue weighted by molar-refractivity contribution is 1.19. The van der Waals surface area contributed by atoms with E-state index in [4.69, 9.17) is 0 Å². The van der Waals surface area contributed by atoms with Crippen LogP contribution in [0.25, 0.3) is 210 Å². The summed E-state index contributed by atoms with van der Waals surface area (Å²) in [5, 5.41) is 15.6. The van der Waals surface area contributed by atoms with Crippen LogP contribution in [0.15, 0.2) is 414 Å². The quantitative estimate of drug-likeness (QED) is 0.137. The number of benzene rings is 18. The molecule has 0 amide bonds. The molecule has 3 nitrogen and oxygen atoms in total. The third-order valence-electron chi connectivity index (χ3n) is 23.0. The molecular formula is C108H66Br3N3S3. The van der Waals surface area contributed by atoms with Gasteiger partial charge in [0.05, 0.1) is 38.8 Å². The molecule has 0 N–H and O–H groups in total. The average Bonchev–Trinajstić information content (AvgIpc) is 1.58. The summed E-state index contributed by atoms with van der Waals surface area (Å²) in [6.07, 6.45) is 0. The normalized spacial score (nSPS) is 11.7. The van der Waals surface area contributed by atoms with E-state index in [0.717, 1.165) is 13.4 Å². The average molecular weight is 1740 g/mol. The summed E-state index contributed by atoms with van der Waals surface area (Å²) in [7, 11) is 0. The summed E-state index contributed by atoms with van der Waals surface area (Å²) in [5.41, 5.74) is 25.5. The molecule has 0 aliphatic rings. The predicted octanol–water partition coefficient (Wildman–Crippen LogP) is 33.7. The van der Waals surface area contributed by atoms with Crippen LogP contribution in [0.5, 0.6) is 0 Å². The van der Waals surface area contributed by atoms with Crippen molar-refractivity contribution in [2.24, 2.45) is 0 Å². The van der Waals surface area contributed by atoms with E-state index in [9.17, 15) is 0 Å². The summed E-state index contributed by atoms with van der Waals surface area (Å²) in [4.78, 5) is 0. The van der Waals surface area contributed by atoms with Gasteiger partial charge in [0.15, 0.2) is 0 Å². The topological polar surface area (TPSA) is 14.8 Å². The number of fused-ring (bicyclic) bond motifs is 18. The monoisotopic (exact) mass is 1740 g/mol. The molecule has 552 valence electrons. The van der Waals surface area contributed by atoms with Crippen molar-refractivity contribution in [2.45, 2.75) is 0 Å². The Balaban J connectivity index is 0.000000106. The molecule has 9 heteroatoms. The van der Waals surface area contributed by atoms with Gasteiger partial charge in [-0.2, -0.15) is 0 Å². The van der Waals surface area contributed by atoms with E-state index in [0.29, 0.717) is 0 Å². The number of hydrogen-bond acceptors (Lipinski definition) is 3. The van der Waals surface area contributed by atoms with Gasteiger partial charge in [0.1, 0.15) is 0 Å². The van der Waals surface area contributed by atoms with Crippen molar-refractivity contribution in [1.29, 1.82) is 0 Å². The number of thiophene rings is 3. The number of halogens is 3. The lowest BCUT2D eigenvalue weighted by Crippen LogP contribution is -1.94. The highest BCUT2D eigenvalue weighted by Crippen LogP contribution is 2.46. The van der Waals surface area contributed by atoms with Crippen molar-refractivity contribution in [3.63, 3.8) is 0 Å². The highest BCUT2D eigenvalue weighted by Gasteiger charge is 2.22. The van der Waals surface area contributed by atoms with E-state index in [-0.39, 0.29) is 0 Å². The fourth-order valence-electron chi connectivity index (χ4n) is 17.6. The van der Waals surface area contributed by atoms with Crippen molar-refractivity contribution >= 4 is 208 Å². The maximum absolute atomic E-state index is 3.73. The van der Waals surface area contributed by atoms with Crippen molar-refractivity contribution in [3.8, 4) is 83.8 Å². The zero-order chi connectivity index (χ0) is 77.8. The molecule has 0 aliphatic carbocycles. The second kappa shape index (κ2) is 29.6. The molecule has 0 aliphatic heterocycles. The van der Waals surface area contributed by atoms with Crippen LogP contribution in [-0.2, 0) is 0 Å². The number of hydrogen-bond donors (Lipinski definition) is 0. The largest absolute Gasteiger partial charge is 0.309 e. The van der Waals surface area contributed by atoms with Crippen molar-refractivity contribution in [1.82, 2.24) is 13.7 Å². The van der Waals surface area contributed by atoms with Gasteiger partial charge in [-0.15, -0.1) is 34.0 Å². The number of aromatic nitrogens is 3. The Morgan fingerprint density at radius 2 is 0.487 bits per heavy atom. The van der Waals surface area contributed by atoms with Gasteiger partial charge in [-0.3, -0.25) is 0 Å². The second-order valence-electron chi connectivity index (χ2n) is 29.7. The highest BCUT2D eigenvalue weighted by molar-refractivity contribution is 9.11. The third-order valence-corrected chi connectivity index (χ3v) is 28.5. The number of para-hydroxylation sites is 3. The minimum absolute atomic E-state index is 1.11. The van der Waals surface area contributed by atoms with Crippen LogP contribution in [0.1, 0.15) is 0 Å². The zero-order valence-corrected chi connectivity index (χ0v) is 70.0. The molecule has 0 fully saturated rings. The molecular weight excluding hydrogens is 1680 g/mol. The van der Waals surface area contributed by atoms with Gasteiger partial charge < -0.3 is 13.7 Å². The molecule has 117 heavy (non-hydrogen) atoms. The summed E-state index contributed by atoms with van der Waals surface area (Å²) in [6.45, 7) is 0. The molecule has 0 bridgehead atoms. The fraction of sp³-hybridized carbons (Fsp3) is 0. The van der Waals surface area contributed by atoms with E-state index in [1.165, 1.54) is 210 Å². The molecule has 0 saturated carbocycles. The minimum Gasteiger partial charge on any atom is -0.309 e. The lowest BCUT2D eigenvalue weighted by Gasteiger charge is -2.11. The molecule has 0 spiro atoms. The molecule has 6 heterocycles. The predicted molar refractivity (Wildman–Crippen MR) is 517 cm³/mol. The molecule has 18 aromatic carbocycles. The van der Waals surface area contributed by atoms with E-state index in [1.807, 2.05) is 34.0 Å². The zero-order valence-electron chi connectivity index (χ0n) is 62.8. The maximum Gasteiger partial charge on any atom is 0.0555 e. The molecule has 0 radical (unpaired) electrons. The fourth-order valence-corrected chi connectivity index (χ4v) is 22.5. The molecule has 0 unspecified atom stereocenters. The number of nitrogens with zero attached hydrogens (tertiary/aromatic N) is 3. The van der Waals surface area contributed by atoms with Gasteiger partial charge in [-0.1, -0.05) is 297 Å². The summed E-state index contributed by atoms with van der Waals surface area (Å²) in [5.74, 6) is 0. The summed E-state index contributed by atoms with van der Waals surface area (Å²) in [6, 6.07) is 145. The van der Waals surface area contributed by atoms with Gasteiger partial charge in [-0.25, -0.2) is 0 Å². The second-order valence-corrected chi connectivity index (χ2v) is 35.6. The van der Waals surface area contributed by atoms with Crippen LogP contribution in [0.3, 0.4) is 0 Å². The standard InChI is InChI=1S/3C36H22BrNS/c37-30-14-4-1-11-26(30)25-10-7-9-23(21-25)24-19-20-32-29(22-24)27-12-2-5-15-31(27)38(32)33-16-8-18-35-36(33)28-13-3-6-17-34(28)39-35;37-32-13-4-1-10-27(32)25-9-7-8-23(20-25)24-16-19-34-31(21-24)28-11-2-5-14-33(28)38(34)26-17-18-30-29-12-3-6-15-35(29)39-36(30)22-26;37-32-13-4-1-10-27(32)25-9-7-8-23(20-25)24-16-18-34-30(21-24)28-11-2-5-14-33(28)38(34)26-17-19-36-31(22-26)29-12-3-6-15-35(29)39-36/h3*1-22H. The van der Waals surface area contributed by atoms with Gasteiger partial charge in [0.25, 0.3) is 0 Å². The van der Waals surface area contributed by atoms with Crippen LogP contribution in [0.4, 0.5) is 0 Å². The molecule has 6 aromatic heterocycles. The Kier molecular flexibility index (Phi) is 18.0. The van der Waals surface area contributed by atoms with Crippen LogP contribution in [0.2, 0.25) is 0 Å². The van der Waals surface area contributed by atoms with E-state index in [2.05, 4.69) is 462 Å². The first-order chi connectivity index (χ1) is 57.7. The van der Waals surface area contributed by atoms with Crippen molar-refractivity contribution < 1.29 is 0 Å². The Hall–Kier alpha value is -12.5. The van der Waals surface area contributed by atoms with Crippen LogP contribution >= 0.6 is 81.8 Å². The molecule has 0 atom stereocenters. The first kappa shape index (κ1) is 71.0. The summed E-state index contributed by atoms with van der Waals surface area (Å²) < 4.78 is 18.6. The Labute approximate surface area is 712 Å². The van der Waals surface area contributed by atoms with E-state index in [1.54, 1.807) is 0 Å². The first-order valence-corrected chi connectivity index (χ1v) is 44.0. The Bertz CT molecular complexity index is 8100. The number of rotatable bonds is 9. The van der Waals surface area contributed by atoms with Crippen LogP contribution < -0.4 is 0 Å². The smallest absolute Gasteiger partial charge is 0.0555 e. The van der Waals surface area contributed by atoms with E-state index < -0.39 is 0 Å². The van der Waals surface area contributed by atoms with Crippen LogP contribution in [0, 0.1) is 0 Å². The Morgan fingerprint density at radius 3 is 0.974 bits per heavy atom. The van der Waals surface area contributed by atoms with Gasteiger partial charge in [-0.05, 0) is 218 Å². The molecule has 24 rings (SSSR count). The highest BCUT2D eigenvalue weighted by atomic mass is 79.9. The van der Waals surface area contributed by atoms with Gasteiger partial charge >= 0.3 is 0 Å². The van der Waals surface area contributed by atoms with Crippen molar-refractivity contribution in [3.05, 3.63) is 414 Å². The lowest BCUT2D eigenvalue weighted by atomic mass is 9.98. The molecule has 0 saturated heterocycles. The van der Waals surface area contributed by atoms with Gasteiger partial charge in [0, 0.05) is 118 Å². The summed E-state index contributed by atoms with van der Waals surface area (Å²) >= 11 is 16.8. The molecule has 24 aromatic rings. The van der Waals surface area contributed by atoms with E-state index >= 15 is 0 Å². The van der Waals surface area contributed by atoms with Gasteiger partial charge in [0.2, 0.25) is 0 Å². The van der Waals surface area contributed by atoms with Crippen LogP contribution in [-0.4, -0.2) is 13.7 Å².